The normalized spacial score (nSPS) is 14.4. The van der Waals surface area contributed by atoms with Crippen LogP contribution in [0, 0.1) is 0 Å². The SMILES string of the molecule is CCOC(=O)CSC1=C/C(=N\S(=O)(=O)c2ccc(-c3ccccc3)cc2)c2ccccc2C1=O. The van der Waals surface area contributed by atoms with E-state index in [2.05, 4.69) is 4.40 Å². The molecule has 0 bridgehead atoms. The van der Waals surface area contributed by atoms with Crippen LogP contribution in [0.15, 0.2) is 99.1 Å². The van der Waals surface area contributed by atoms with Crippen LogP contribution in [0.1, 0.15) is 22.8 Å². The van der Waals surface area contributed by atoms with Crippen LogP contribution in [0.4, 0.5) is 0 Å². The summed E-state index contributed by atoms with van der Waals surface area (Å²) < 4.78 is 35.2. The molecule has 0 aliphatic heterocycles. The van der Waals surface area contributed by atoms with Crippen molar-refractivity contribution < 1.29 is 22.7 Å². The molecule has 0 spiro atoms. The van der Waals surface area contributed by atoms with E-state index in [1.807, 2.05) is 30.3 Å². The summed E-state index contributed by atoms with van der Waals surface area (Å²) in [7, 11) is -4.05. The van der Waals surface area contributed by atoms with Crippen molar-refractivity contribution in [1.29, 1.82) is 0 Å². The average molecular weight is 492 g/mol. The molecule has 1 aliphatic carbocycles. The zero-order valence-corrected chi connectivity index (χ0v) is 19.9. The van der Waals surface area contributed by atoms with Crippen LogP contribution in [0.25, 0.3) is 11.1 Å². The molecule has 0 amide bonds. The molecule has 0 aromatic heterocycles. The molecule has 172 valence electrons. The van der Waals surface area contributed by atoms with Gasteiger partial charge in [0.25, 0.3) is 10.0 Å². The Morgan fingerprint density at radius 3 is 2.18 bits per heavy atom. The highest BCUT2D eigenvalue weighted by atomic mass is 32.2. The summed E-state index contributed by atoms with van der Waals surface area (Å²) in [6.07, 6.45) is 1.42. The first-order chi connectivity index (χ1) is 16.4. The van der Waals surface area contributed by atoms with E-state index in [1.54, 1.807) is 43.3 Å². The van der Waals surface area contributed by atoms with Crippen molar-refractivity contribution >= 4 is 39.2 Å². The van der Waals surface area contributed by atoms with Gasteiger partial charge in [-0.3, -0.25) is 9.59 Å². The first-order valence-electron chi connectivity index (χ1n) is 10.5. The van der Waals surface area contributed by atoms with Crippen LogP contribution in [-0.4, -0.2) is 38.2 Å². The van der Waals surface area contributed by atoms with Gasteiger partial charge in [-0.15, -0.1) is 11.8 Å². The Morgan fingerprint density at radius 2 is 1.50 bits per heavy atom. The molecule has 4 rings (SSSR count). The van der Waals surface area contributed by atoms with Crippen molar-refractivity contribution in [2.24, 2.45) is 4.40 Å². The van der Waals surface area contributed by atoms with Crippen LogP contribution in [0.2, 0.25) is 0 Å². The van der Waals surface area contributed by atoms with E-state index in [9.17, 15) is 18.0 Å². The number of rotatable bonds is 7. The number of hydrogen-bond acceptors (Lipinski definition) is 6. The molecule has 3 aromatic rings. The van der Waals surface area contributed by atoms with E-state index >= 15 is 0 Å². The van der Waals surface area contributed by atoms with Gasteiger partial charge in [-0.1, -0.05) is 66.7 Å². The molecule has 0 fully saturated rings. The third kappa shape index (κ3) is 5.18. The third-order valence-corrected chi connectivity index (χ3v) is 7.37. The number of sulfonamides is 1. The number of allylic oxidation sites excluding steroid dienone is 2. The highest BCUT2D eigenvalue weighted by Gasteiger charge is 2.27. The van der Waals surface area contributed by atoms with Crippen molar-refractivity contribution in [3.05, 3.63) is 101 Å². The maximum Gasteiger partial charge on any atom is 0.316 e. The average Bonchev–Trinajstić information content (AvgIpc) is 2.86. The number of Topliss-reactive ketones (excluding diaryl/α,β-unsaturated/α-hetero) is 1. The number of benzene rings is 3. The summed E-state index contributed by atoms with van der Waals surface area (Å²) >= 11 is 1.00. The lowest BCUT2D eigenvalue weighted by molar-refractivity contribution is -0.139. The van der Waals surface area contributed by atoms with Crippen LogP contribution in [0.3, 0.4) is 0 Å². The molecule has 0 radical (unpaired) electrons. The third-order valence-electron chi connectivity index (χ3n) is 5.07. The largest absolute Gasteiger partial charge is 0.465 e. The number of fused-ring (bicyclic) bond motifs is 1. The molecule has 0 unspecified atom stereocenters. The Kier molecular flexibility index (Phi) is 7.09. The Balaban J connectivity index is 1.68. The first-order valence-corrected chi connectivity index (χ1v) is 13.0. The molecule has 6 nitrogen and oxygen atoms in total. The summed E-state index contributed by atoms with van der Waals surface area (Å²) in [5.74, 6) is -0.799. The molecule has 0 saturated carbocycles. The van der Waals surface area contributed by atoms with Crippen molar-refractivity contribution in [3.8, 4) is 11.1 Å². The maximum atomic E-state index is 13.1. The Hall–Kier alpha value is -3.49. The van der Waals surface area contributed by atoms with E-state index in [0.29, 0.717) is 11.1 Å². The van der Waals surface area contributed by atoms with Crippen molar-refractivity contribution in [2.45, 2.75) is 11.8 Å². The minimum absolute atomic E-state index is 0.0446. The smallest absolute Gasteiger partial charge is 0.316 e. The fourth-order valence-electron chi connectivity index (χ4n) is 3.46. The summed E-state index contributed by atoms with van der Waals surface area (Å²) in [5.41, 5.74) is 2.78. The molecule has 0 heterocycles. The van der Waals surface area contributed by atoms with Crippen molar-refractivity contribution in [3.63, 3.8) is 0 Å². The van der Waals surface area contributed by atoms with Gasteiger partial charge in [0.2, 0.25) is 0 Å². The number of esters is 1. The second kappa shape index (κ2) is 10.2. The zero-order chi connectivity index (χ0) is 24.1. The monoisotopic (exact) mass is 491 g/mol. The minimum Gasteiger partial charge on any atom is -0.465 e. The Labute approximate surface area is 202 Å². The first kappa shape index (κ1) is 23.7. The molecule has 0 saturated heterocycles. The predicted octanol–water partition coefficient (Wildman–Crippen LogP) is 4.91. The molecule has 3 aromatic carbocycles. The lowest BCUT2D eigenvalue weighted by atomic mass is 9.94. The van der Waals surface area contributed by atoms with Gasteiger partial charge >= 0.3 is 5.97 Å². The highest BCUT2D eigenvalue weighted by molar-refractivity contribution is 8.04. The molecular weight excluding hydrogens is 470 g/mol. The fraction of sp³-hybridized carbons (Fsp3) is 0.115. The summed E-state index contributed by atoms with van der Waals surface area (Å²) in [6.45, 7) is 1.94. The number of carbonyl (C=O) groups excluding carboxylic acids is 2. The molecule has 8 heteroatoms. The van der Waals surface area contributed by atoms with E-state index in [1.165, 1.54) is 18.2 Å². The number of ketones is 1. The Morgan fingerprint density at radius 1 is 0.882 bits per heavy atom. The Bertz CT molecular complexity index is 1390. The number of ether oxygens (including phenoxy) is 1. The lowest BCUT2D eigenvalue weighted by Crippen LogP contribution is -2.18. The number of nitrogens with zero attached hydrogens (tertiary/aromatic N) is 1. The minimum atomic E-state index is -4.05. The molecule has 34 heavy (non-hydrogen) atoms. The molecular formula is C26H21NO5S2. The number of thioether (sulfide) groups is 1. The van der Waals surface area contributed by atoms with Gasteiger partial charge in [0, 0.05) is 11.1 Å². The number of carbonyl (C=O) groups is 2. The van der Waals surface area contributed by atoms with Gasteiger partial charge in [-0.05, 0) is 36.3 Å². The van der Waals surface area contributed by atoms with Gasteiger partial charge in [0.15, 0.2) is 5.78 Å². The summed E-state index contributed by atoms with van der Waals surface area (Å²) in [5, 5.41) is 0. The maximum absolute atomic E-state index is 13.1. The van der Waals surface area contributed by atoms with Crippen LogP contribution < -0.4 is 0 Å². The van der Waals surface area contributed by atoms with Crippen molar-refractivity contribution in [1.82, 2.24) is 0 Å². The van der Waals surface area contributed by atoms with Crippen molar-refractivity contribution in [2.75, 3.05) is 12.4 Å². The standard InChI is InChI=1S/C26H21NO5S2/c1-2-32-25(28)17-33-24-16-23(21-10-6-7-11-22(21)26(24)29)27-34(30,31)20-14-12-19(13-15-20)18-8-4-3-5-9-18/h3-16H,2,17H2,1H3/b27-23+. The molecule has 0 N–H and O–H groups in total. The predicted molar refractivity (Wildman–Crippen MR) is 134 cm³/mol. The highest BCUT2D eigenvalue weighted by Crippen LogP contribution is 2.30. The number of hydrogen-bond donors (Lipinski definition) is 0. The van der Waals surface area contributed by atoms with Gasteiger partial charge in [-0.2, -0.15) is 12.8 Å². The van der Waals surface area contributed by atoms with Gasteiger partial charge in [0.1, 0.15) is 0 Å². The fourth-order valence-corrected chi connectivity index (χ4v) is 5.25. The van der Waals surface area contributed by atoms with E-state index in [4.69, 9.17) is 4.74 Å². The molecule has 1 aliphatic rings. The van der Waals surface area contributed by atoms with E-state index in [0.717, 1.165) is 22.9 Å². The van der Waals surface area contributed by atoms with E-state index < -0.39 is 16.0 Å². The quantitative estimate of drug-likeness (QED) is 0.437. The van der Waals surface area contributed by atoms with Gasteiger partial charge < -0.3 is 4.74 Å². The van der Waals surface area contributed by atoms with Crippen LogP contribution in [0.5, 0.6) is 0 Å². The topological polar surface area (TPSA) is 89.9 Å². The van der Waals surface area contributed by atoms with Crippen LogP contribution >= 0.6 is 11.8 Å². The van der Waals surface area contributed by atoms with E-state index in [-0.39, 0.29) is 33.7 Å². The zero-order valence-electron chi connectivity index (χ0n) is 18.3. The summed E-state index contributed by atoms with van der Waals surface area (Å²) in [4.78, 5) is 24.9. The van der Waals surface area contributed by atoms with Crippen LogP contribution in [-0.2, 0) is 19.6 Å². The second-order valence-corrected chi connectivity index (χ2v) is 9.94. The lowest BCUT2D eigenvalue weighted by Gasteiger charge is -2.17. The summed E-state index contributed by atoms with van der Waals surface area (Å²) in [6, 6.07) is 22.8. The van der Waals surface area contributed by atoms with Gasteiger partial charge in [-0.25, -0.2) is 0 Å². The second-order valence-electron chi connectivity index (χ2n) is 7.32. The molecule has 0 atom stereocenters. The van der Waals surface area contributed by atoms with Gasteiger partial charge in [0.05, 0.1) is 27.9 Å².